The minimum Gasteiger partial charge on any atom is -0.457 e. The van der Waals surface area contributed by atoms with E-state index in [9.17, 15) is 9.59 Å². The van der Waals surface area contributed by atoms with E-state index in [4.69, 9.17) is 19.9 Å². The first-order chi connectivity index (χ1) is 11.6. The summed E-state index contributed by atoms with van der Waals surface area (Å²) in [5, 5.41) is 2.58. The summed E-state index contributed by atoms with van der Waals surface area (Å²) in [6.45, 7) is 0.338. The van der Waals surface area contributed by atoms with Gasteiger partial charge in [0.25, 0.3) is 0 Å². The van der Waals surface area contributed by atoms with Gasteiger partial charge >= 0.3 is 12.0 Å². The first-order valence-corrected chi connectivity index (χ1v) is 7.65. The van der Waals surface area contributed by atoms with Crippen LogP contribution in [0.4, 0.5) is 4.79 Å². The van der Waals surface area contributed by atoms with Crippen LogP contribution in [0.3, 0.4) is 0 Å². The second-order valence-corrected chi connectivity index (χ2v) is 5.37. The van der Waals surface area contributed by atoms with Crippen molar-refractivity contribution < 1.29 is 23.8 Å². The van der Waals surface area contributed by atoms with Crippen molar-refractivity contribution in [2.75, 3.05) is 13.2 Å². The Kier molecular flexibility index (Phi) is 5.09. The zero-order valence-corrected chi connectivity index (χ0v) is 13.0. The van der Waals surface area contributed by atoms with Crippen LogP contribution < -0.4 is 11.1 Å². The quantitative estimate of drug-likeness (QED) is 0.789. The zero-order chi connectivity index (χ0) is 16.9. The number of benzene rings is 1. The number of hydrogen-bond donors (Lipinski definition) is 2. The number of nitrogens with zero attached hydrogens (tertiary/aromatic N) is 1. The van der Waals surface area contributed by atoms with Gasteiger partial charge in [-0.3, -0.25) is 4.90 Å². The lowest BCUT2D eigenvalue weighted by Gasteiger charge is -2.37. The van der Waals surface area contributed by atoms with Crippen molar-refractivity contribution in [3.8, 4) is 0 Å². The summed E-state index contributed by atoms with van der Waals surface area (Å²) in [5.74, 6) is -0.452. The summed E-state index contributed by atoms with van der Waals surface area (Å²) >= 11 is 0. The molecule has 1 aromatic rings. The van der Waals surface area contributed by atoms with Crippen molar-refractivity contribution in [2.24, 2.45) is 5.73 Å². The summed E-state index contributed by atoms with van der Waals surface area (Å²) in [5.41, 5.74) is 6.07. The Morgan fingerprint density at radius 1 is 1.38 bits per heavy atom. The maximum atomic E-state index is 11.9. The second-order valence-electron chi connectivity index (χ2n) is 5.37. The Morgan fingerprint density at radius 3 is 2.92 bits per heavy atom. The van der Waals surface area contributed by atoms with E-state index in [1.807, 2.05) is 6.07 Å². The molecule has 8 nitrogen and oxygen atoms in total. The molecule has 3 rings (SSSR count). The molecule has 0 aliphatic carbocycles. The molecule has 2 aliphatic heterocycles. The van der Waals surface area contributed by atoms with Crippen molar-refractivity contribution in [2.45, 2.75) is 25.1 Å². The number of carbonyl (C=O) groups excluding carboxylic acids is 2. The van der Waals surface area contributed by atoms with E-state index in [0.29, 0.717) is 18.6 Å². The maximum Gasteiger partial charge on any atom is 0.338 e. The van der Waals surface area contributed by atoms with Crippen molar-refractivity contribution in [1.82, 2.24) is 10.2 Å². The van der Waals surface area contributed by atoms with Gasteiger partial charge in [0, 0.05) is 12.6 Å². The lowest BCUT2D eigenvalue weighted by molar-refractivity contribution is -0.246. The monoisotopic (exact) mass is 333 g/mol. The van der Waals surface area contributed by atoms with Crippen molar-refractivity contribution >= 4 is 12.0 Å². The molecule has 3 N–H and O–H groups in total. The number of rotatable bonds is 4. The van der Waals surface area contributed by atoms with Crippen molar-refractivity contribution in [3.63, 3.8) is 0 Å². The van der Waals surface area contributed by atoms with Crippen LogP contribution in [0, 0.1) is 0 Å². The Labute approximate surface area is 139 Å². The van der Waals surface area contributed by atoms with Gasteiger partial charge in [-0.1, -0.05) is 18.2 Å². The van der Waals surface area contributed by atoms with Gasteiger partial charge in [0.1, 0.15) is 12.8 Å². The highest BCUT2D eigenvalue weighted by Gasteiger charge is 2.32. The van der Waals surface area contributed by atoms with E-state index in [1.54, 1.807) is 36.5 Å². The minimum absolute atomic E-state index is 0.0527. The fraction of sp³-hybridized carbons (Fsp3) is 0.375. The van der Waals surface area contributed by atoms with Gasteiger partial charge in [-0.2, -0.15) is 0 Å². The first kappa shape index (κ1) is 16.4. The highest BCUT2D eigenvalue weighted by Crippen LogP contribution is 2.19. The SMILES string of the molecule is NC1C=CN([C@H]2CCO[C@@H](COC(=O)c3ccccc3)O2)C(=O)N1. The number of ether oxygens (including phenoxy) is 3. The number of amides is 2. The van der Waals surface area contributed by atoms with Crippen LogP contribution in [-0.2, 0) is 14.2 Å². The Balaban J connectivity index is 1.53. The van der Waals surface area contributed by atoms with Crippen LogP contribution in [0.1, 0.15) is 16.8 Å². The van der Waals surface area contributed by atoms with E-state index in [1.165, 1.54) is 4.90 Å². The molecule has 1 aromatic carbocycles. The molecule has 3 atom stereocenters. The summed E-state index contributed by atoms with van der Waals surface area (Å²) in [4.78, 5) is 25.3. The van der Waals surface area contributed by atoms with Crippen LogP contribution in [0.5, 0.6) is 0 Å². The number of nitrogens with two attached hydrogens (primary N) is 1. The lowest BCUT2D eigenvalue weighted by Crippen LogP contribution is -2.55. The third-order valence-electron chi connectivity index (χ3n) is 3.63. The molecule has 1 fully saturated rings. The molecule has 24 heavy (non-hydrogen) atoms. The normalized spacial score (nSPS) is 26.8. The molecule has 8 heteroatoms. The fourth-order valence-corrected chi connectivity index (χ4v) is 2.42. The number of nitrogens with one attached hydrogen (secondary N) is 1. The van der Waals surface area contributed by atoms with Gasteiger partial charge in [-0.25, -0.2) is 9.59 Å². The highest BCUT2D eigenvalue weighted by molar-refractivity contribution is 5.89. The molecular weight excluding hydrogens is 314 g/mol. The molecule has 2 heterocycles. The minimum atomic E-state index is -0.729. The van der Waals surface area contributed by atoms with Crippen LogP contribution in [0.15, 0.2) is 42.6 Å². The number of hydrogen-bond acceptors (Lipinski definition) is 6. The standard InChI is InChI=1S/C16H19N3O5/c17-12-6-8-19(16(21)18-12)13-7-9-22-14(24-13)10-23-15(20)11-4-2-1-3-5-11/h1-6,8,12-14H,7,9-10,17H2,(H,18,21)/t12?,13-,14-/m1/s1. The Morgan fingerprint density at radius 2 is 2.17 bits per heavy atom. The molecule has 0 saturated carbocycles. The smallest absolute Gasteiger partial charge is 0.338 e. The number of esters is 1. The van der Waals surface area contributed by atoms with E-state index in [-0.39, 0.29) is 12.6 Å². The number of carbonyl (C=O) groups is 2. The second kappa shape index (κ2) is 7.43. The van der Waals surface area contributed by atoms with E-state index in [0.717, 1.165) is 0 Å². The number of urea groups is 1. The molecule has 1 unspecified atom stereocenters. The average molecular weight is 333 g/mol. The molecule has 0 radical (unpaired) electrons. The molecule has 0 aromatic heterocycles. The van der Waals surface area contributed by atoms with Crippen molar-refractivity contribution in [1.29, 1.82) is 0 Å². The van der Waals surface area contributed by atoms with Crippen molar-refractivity contribution in [3.05, 3.63) is 48.2 Å². The summed E-state index contributed by atoms with van der Waals surface area (Å²) < 4.78 is 16.3. The molecule has 2 aliphatic rings. The van der Waals surface area contributed by atoms with E-state index < -0.39 is 24.7 Å². The largest absolute Gasteiger partial charge is 0.457 e. The zero-order valence-electron chi connectivity index (χ0n) is 13.0. The molecular formula is C16H19N3O5. The van der Waals surface area contributed by atoms with Gasteiger partial charge in [-0.15, -0.1) is 0 Å². The summed E-state index contributed by atoms with van der Waals surface area (Å²) in [6.07, 6.45) is 2.03. The van der Waals surface area contributed by atoms with Gasteiger partial charge < -0.3 is 25.3 Å². The maximum absolute atomic E-state index is 11.9. The molecule has 0 spiro atoms. The van der Waals surface area contributed by atoms with Gasteiger partial charge in [0.2, 0.25) is 0 Å². The third-order valence-corrected chi connectivity index (χ3v) is 3.63. The fourth-order valence-electron chi connectivity index (χ4n) is 2.42. The predicted molar refractivity (Wildman–Crippen MR) is 83.4 cm³/mol. The van der Waals surface area contributed by atoms with Crippen LogP contribution >= 0.6 is 0 Å². The van der Waals surface area contributed by atoms with E-state index in [2.05, 4.69) is 5.32 Å². The first-order valence-electron chi connectivity index (χ1n) is 7.65. The van der Waals surface area contributed by atoms with Gasteiger partial charge in [0.15, 0.2) is 6.29 Å². The van der Waals surface area contributed by atoms with E-state index >= 15 is 0 Å². The molecule has 0 bridgehead atoms. The molecule has 2 amide bonds. The van der Waals surface area contributed by atoms with Gasteiger partial charge in [-0.05, 0) is 18.2 Å². The summed E-state index contributed by atoms with van der Waals surface area (Å²) in [7, 11) is 0. The van der Waals surface area contributed by atoms with Gasteiger partial charge in [0.05, 0.1) is 18.3 Å². The molecule has 128 valence electrons. The van der Waals surface area contributed by atoms with Crippen LogP contribution in [-0.4, -0.2) is 48.8 Å². The van der Waals surface area contributed by atoms with Crippen LogP contribution in [0.25, 0.3) is 0 Å². The third kappa shape index (κ3) is 3.91. The average Bonchev–Trinajstić information content (AvgIpc) is 2.60. The Hall–Kier alpha value is -2.42. The highest BCUT2D eigenvalue weighted by atomic mass is 16.7. The lowest BCUT2D eigenvalue weighted by atomic mass is 10.2. The predicted octanol–water partition coefficient (Wildman–Crippen LogP) is 0.756. The topological polar surface area (TPSA) is 103 Å². The molecule has 1 saturated heterocycles. The Bertz CT molecular complexity index is 621. The van der Waals surface area contributed by atoms with Crippen LogP contribution in [0.2, 0.25) is 0 Å². The summed E-state index contributed by atoms with van der Waals surface area (Å²) in [6, 6.07) is 8.33.